The van der Waals surface area contributed by atoms with E-state index < -0.39 is 0 Å². The molecule has 0 saturated heterocycles. The third-order valence-corrected chi connectivity index (χ3v) is 4.48. The van der Waals surface area contributed by atoms with Crippen LogP contribution >= 0.6 is 66.7 Å². The second kappa shape index (κ2) is 6.68. The lowest BCUT2D eigenvalue weighted by Gasteiger charge is -2.12. The van der Waals surface area contributed by atoms with Gasteiger partial charge in [0, 0.05) is 21.4 Å². The predicted molar refractivity (Wildman–Crippen MR) is 88.3 cm³/mol. The first kappa shape index (κ1) is 15.5. The Bertz CT molecular complexity index is 617. The summed E-state index contributed by atoms with van der Waals surface area (Å²) in [5, 5.41) is 1.88. The van der Waals surface area contributed by atoms with Gasteiger partial charge in [0.15, 0.2) is 0 Å². The van der Waals surface area contributed by atoms with Crippen molar-refractivity contribution in [1.82, 2.24) is 0 Å². The molecule has 1 nitrogen and oxygen atoms in total. The Labute approximate surface area is 143 Å². The Morgan fingerprint density at radius 1 is 0.895 bits per heavy atom. The first-order valence-electron chi connectivity index (χ1n) is 5.18. The SMILES string of the molecule is Clc1cc(Cl)c(Oc2ccc(Br)cc2CBr)cc1Cl. The molecule has 0 N–H and O–H groups in total. The van der Waals surface area contributed by atoms with E-state index in [-0.39, 0.29) is 0 Å². The average Bonchev–Trinajstić information content (AvgIpc) is 2.37. The zero-order chi connectivity index (χ0) is 14.0. The van der Waals surface area contributed by atoms with E-state index in [4.69, 9.17) is 39.5 Å². The van der Waals surface area contributed by atoms with Gasteiger partial charge in [0.1, 0.15) is 11.5 Å². The highest BCUT2D eigenvalue weighted by molar-refractivity contribution is 9.10. The highest BCUT2D eigenvalue weighted by Gasteiger charge is 2.10. The summed E-state index contributed by atoms with van der Waals surface area (Å²) < 4.78 is 6.78. The van der Waals surface area contributed by atoms with E-state index in [1.807, 2.05) is 18.2 Å². The molecule has 0 unspecified atom stereocenters. The molecule has 0 bridgehead atoms. The summed E-state index contributed by atoms with van der Waals surface area (Å²) in [6, 6.07) is 8.89. The number of ether oxygens (including phenoxy) is 1. The Hall–Kier alpha value is 0.0700. The van der Waals surface area contributed by atoms with Crippen LogP contribution in [0.2, 0.25) is 15.1 Å². The molecule has 2 aromatic rings. The molecular weight excluding hydrogens is 438 g/mol. The summed E-state index contributed by atoms with van der Waals surface area (Å²) in [4.78, 5) is 0. The maximum absolute atomic E-state index is 6.09. The molecule has 0 spiro atoms. The van der Waals surface area contributed by atoms with Crippen molar-refractivity contribution in [2.45, 2.75) is 5.33 Å². The number of hydrogen-bond acceptors (Lipinski definition) is 1. The fourth-order valence-corrected chi connectivity index (χ4v) is 2.88. The molecule has 6 heteroatoms. The van der Waals surface area contributed by atoms with Crippen LogP contribution in [0.3, 0.4) is 0 Å². The lowest BCUT2D eigenvalue weighted by molar-refractivity contribution is 0.479. The molecule has 0 radical (unpaired) electrons. The van der Waals surface area contributed by atoms with Gasteiger partial charge >= 0.3 is 0 Å². The molecule has 0 fully saturated rings. The van der Waals surface area contributed by atoms with Crippen molar-refractivity contribution in [3.05, 3.63) is 55.4 Å². The largest absolute Gasteiger partial charge is 0.455 e. The lowest BCUT2D eigenvalue weighted by Crippen LogP contribution is -1.90. The van der Waals surface area contributed by atoms with E-state index in [0.717, 1.165) is 10.0 Å². The summed E-state index contributed by atoms with van der Waals surface area (Å²) in [6.45, 7) is 0. The molecule has 19 heavy (non-hydrogen) atoms. The van der Waals surface area contributed by atoms with E-state index >= 15 is 0 Å². The fraction of sp³-hybridized carbons (Fsp3) is 0.0769. The molecular formula is C13H7Br2Cl3O. The van der Waals surface area contributed by atoms with Crippen molar-refractivity contribution in [3.63, 3.8) is 0 Å². The van der Waals surface area contributed by atoms with E-state index in [1.165, 1.54) is 0 Å². The van der Waals surface area contributed by atoms with Crippen LogP contribution in [-0.4, -0.2) is 0 Å². The highest BCUT2D eigenvalue weighted by Crippen LogP contribution is 2.38. The minimum absolute atomic E-state index is 0.399. The van der Waals surface area contributed by atoms with E-state index in [9.17, 15) is 0 Å². The van der Waals surface area contributed by atoms with Gasteiger partial charge in [0.25, 0.3) is 0 Å². The second-order valence-corrected chi connectivity index (χ2v) is 6.38. The quantitative estimate of drug-likeness (QED) is 0.362. The maximum Gasteiger partial charge on any atom is 0.147 e. The summed E-state index contributed by atoms with van der Waals surface area (Å²) in [7, 11) is 0. The van der Waals surface area contributed by atoms with Gasteiger partial charge in [-0.05, 0) is 24.3 Å². The molecule has 2 rings (SSSR count). The Morgan fingerprint density at radius 2 is 1.58 bits per heavy atom. The summed E-state index contributed by atoms with van der Waals surface area (Å²) in [5.41, 5.74) is 0.997. The summed E-state index contributed by atoms with van der Waals surface area (Å²) in [6.07, 6.45) is 0. The molecule has 0 aliphatic carbocycles. The van der Waals surface area contributed by atoms with Gasteiger partial charge in [-0.1, -0.05) is 66.7 Å². The van der Waals surface area contributed by atoms with Crippen LogP contribution in [0.4, 0.5) is 0 Å². The third-order valence-electron chi connectivity index (χ3n) is 2.36. The van der Waals surface area contributed by atoms with Crippen molar-refractivity contribution in [1.29, 1.82) is 0 Å². The topological polar surface area (TPSA) is 9.23 Å². The van der Waals surface area contributed by atoms with E-state index in [0.29, 0.717) is 31.9 Å². The van der Waals surface area contributed by atoms with Gasteiger partial charge in [-0.3, -0.25) is 0 Å². The van der Waals surface area contributed by atoms with Gasteiger partial charge in [0.05, 0.1) is 15.1 Å². The predicted octanol–water partition coefficient (Wildman–Crippen LogP) is 7.10. The minimum atomic E-state index is 0.399. The molecule has 0 amide bonds. The monoisotopic (exact) mass is 442 g/mol. The van der Waals surface area contributed by atoms with E-state index in [1.54, 1.807) is 12.1 Å². The van der Waals surface area contributed by atoms with Gasteiger partial charge in [-0.25, -0.2) is 0 Å². The fourth-order valence-electron chi connectivity index (χ4n) is 1.45. The molecule has 0 aliphatic heterocycles. The maximum atomic E-state index is 6.09. The molecule has 0 atom stereocenters. The molecule has 0 heterocycles. The van der Waals surface area contributed by atoms with Crippen molar-refractivity contribution < 1.29 is 4.74 Å². The van der Waals surface area contributed by atoms with Crippen molar-refractivity contribution >= 4 is 66.7 Å². The van der Waals surface area contributed by atoms with Gasteiger partial charge in [-0.2, -0.15) is 0 Å². The van der Waals surface area contributed by atoms with E-state index in [2.05, 4.69) is 31.9 Å². The smallest absolute Gasteiger partial charge is 0.147 e. The van der Waals surface area contributed by atoms with Crippen molar-refractivity contribution in [2.75, 3.05) is 0 Å². The Morgan fingerprint density at radius 3 is 2.26 bits per heavy atom. The normalized spacial score (nSPS) is 10.6. The zero-order valence-electron chi connectivity index (χ0n) is 9.39. The summed E-state index contributed by atoms with van der Waals surface area (Å²) in [5.74, 6) is 1.18. The molecule has 0 aromatic heterocycles. The first-order valence-corrected chi connectivity index (χ1v) is 8.23. The number of hydrogen-bond donors (Lipinski definition) is 0. The van der Waals surface area contributed by atoms with Gasteiger partial charge < -0.3 is 4.74 Å². The molecule has 0 saturated carbocycles. The zero-order valence-corrected chi connectivity index (χ0v) is 14.8. The summed E-state index contributed by atoms with van der Waals surface area (Å²) >= 11 is 24.8. The third kappa shape index (κ3) is 3.79. The van der Waals surface area contributed by atoms with Crippen LogP contribution in [0.1, 0.15) is 5.56 Å². The lowest BCUT2D eigenvalue weighted by atomic mass is 10.2. The van der Waals surface area contributed by atoms with Crippen LogP contribution in [0, 0.1) is 0 Å². The highest BCUT2D eigenvalue weighted by atomic mass is 79.9. The number of rotatable bonds is 3. The first-order chi connectivity index (χ1) is 9.01. The number of alkyl halides is 1. The second-order valence-electron chi connectivity index (χ2n) is 3.68. The van der Waals surface area contributed by atoms with Crippen molar-refractivity contribution in [2.24, 2.45) is 0 Å². The van der Waals surface area contributed by atoms with Crippen molar-refractivity contribution in [3.8, 4) is 11.5 Å². The van der Waals surface area contributed by atoms with Crippen LogP contribution in [0.5, 0.6) is 11.5 Å². The Kier molecular flexibility index (Phi) is 5.44. The Balaban J connectivity index is 2.39. The standard InChI is InChI=1S/C13H7Br2Cl3O/c14-6-7-3-8(15)1-2-12(7)19-13-5-10(17)9(16)4-11(13)18/h1-5H,6H2. The van der Waals surface area contributed by atoms with Gasteiger partial charge in [-0.15, -0.1) is 0 Å². The molecule has 2 aromatic carbocycles. The number of halogens is 5. The minimum Gasteiger partial charge on any atom is -0.455 e. The van der Waals surface area contributed by atoms with Gasteiger partial charge in [0.2, 0.25) is 0 Å². The van der Waals surface area contributed by atoms with Crippen LogP contribution < -0.4 is 4.74 Å². The van der Waals surface area contributed by atoms with Crippen LogP contribution in [0.15, 0.2) is 34.8 Å². The molecule has 0 aliphatic rings. The number of benzene rings is 2. The average molecular weight is 445 g/mol. The molecule has 100 valence electrons. The van der Waals surface area contributed by atoms with Crippen LogP contribution in [-0.2, 0) is 5.33 Å². The van der Waals surface area contributed by atoms with Crippen LogP contribution in [0.25, 0.3) is 0 Å².